The second kappa shape index (κ2) is 7.21. The average Bonchev–Trinajstić information content (AvgIpc) is 2.28. The molecule has 0 aliphatic rings. The first-order valence-electron chi connectivity index (χ1n) is 5.52. The molecule has 0 bridgehead atoms. The van der Waals surface area contributed by atoms with E-state index >= 15 is 0 Å². The summed E-state index contributed by atoms with van der Waals surface area (Å²) in [7, 11) is 0. The van der Waals surface area contributed by atoms with Crippen molar-refractivity contribution < 1.29 is 0 Å². The second-order valence-corrected chi connectivity index (χ2v) is 3.64. The lowest BCUT2D eigenvalue weighted by Gasteiger charge is -2.07. The van der Waals surface area contributed by atoms with Gasteiger partial charge in [-0.3, -0.25) is 0 Å². The first kappa shape index (κ1) is 12.0. The lowest BCUT2D eigenvalue weighted by Crippen LogP contribution is -2.32. The molecular weight excluding hydrogens is 184 g/mol. The van der Waals surface area contributed by atoms with Gasteiger partial charge in [-0.15, -0.1) is 0 Å². The van der Waals surface area contributed by atoms with Gasteiger partial charge in [-0.25, -0.2) is 0 Å². The van der Waals surface area contributed by atoms with E-state index in [1.807, 2.05) is 24.3 Å². The molecule has 1 aromatic rings. The highest BCUT2D eigenvalue weighted by Gasteiger charge is 1.95. The van der Waals surface area contributed by atoms with E-state index in [2.05, 4.69) is 30.4 Å². The molecule has 0 heterocycles. The molecule has 1 rings (SSSR count). The van der Waals surface area contributed by atoms with E-state index in [4.69, 9.17) is 5.73 Å². The van der Waals surface area contributed by atoms with Gasteiger partial charge in [0.15, 0.2) is 0 Å². The van der Waals surface area contributed by atoms with E-state index < -0.39 is 0 Å². The van der Waals surface area contributed by atoms with E-state index in [0.717, 1.165) is 19.5 Å². The Morgan fingerprint density at radius 2 is 2.07 bits per heavy atom. The van der Waals surface area contributed by atoms with E-state index in [9.17, 15) is 0 Å². The van der Waals surface area contributed by atoms with Gasteiger partial charge in [0.1, 0.15) is 0 Å². The smallest absolute Gasteiger partial charge is 0.0354 e. The van der Waals surface area contributed by atoms with Crippen LogP contribution < -0.4 is 11.1 Å². The van der Waals surface area contributed by atoms with Gasteiger partial charge >= 0.3 is 0 Å². The molecule has 0 aliphatic carbocycles. The molecule has 0 amide bonds. The zero-order valence-electron chi connectivity index (χ0n) is 9.32. The highest BCUT2D eigenvalue weighted by Crippen LogP contribution is 2.01. The molecule has 0 spiro atoms. The third-order valence-electron chi connectivity index (χ3n) is 2.14. The predicted octanol–water partition coefficient (Wildman–Crippen LogP) is 2.03. The van der Waals surface area contributed by atoms with Crippen molar-refractivity contribution in [3.8, 4) is 0 Å². The molecule has 1 unspecified atom stereocenters. The van der Waals surface area contributed by atoms with E-state index in [0.29, 0.717) is 0 Å². The van der Waals surface area contributed by atoms with Crippen molar-refractivity contribution in [2.24, 2.45) is 5.73 Å². The zero-order chi connectivity index (χ0) is 10.9. The summed E-state index contributed by atoms with van der Waals surface area (Å²) in [6.45, 7) is 4.03. The standard InChI is InChI=1S/C13H20N2/c1-2-10-15-11-13(14)9-8-12-6-4-3-5-7-12/h3-9,13,15H,2,10-11,14H2,1H3. The number of rotatable bonds is 6. The largest absolute Gasteiger partial charge is 0.323 e. The molecule has 1 aromatic carbocycles. The molecule has 15 heavy (non-hydrogen) atoms. The Balaban J connectivity index is 2.31. The van der Waals surface area contributed by atoms with Crippen molar-refractivity contribution in [3.63, 3.8) is 0 Å². The van der Waals surface area contributed by atoms with E-state index in [-0.39, 0.29) is 6.04 Å². The Morgan fingerprint density at radius 1 is 1.33 bits per heavy atom. The lowest BCUT2D eigenvalue weighted by molar-refractivity contribution is 0.632. The third kappa shape index (κ3) is 5.35. The fraction of sp³-hybridized carbons (Fsp3) is 0.385. The summed E-state index contributed by atoms with van der Waals surface area (Å²) >= 11 is 0. The van der Waals surface area contributed by atoms with Crippen LogP contribution in [0.15, 0.2) is 36.4 Å². The van der Waals surface area contributed by atoms with Crippen LogP contribution in [-0.2, 0) is 0 Å². The van der Waals surface area contributed by atoms with Crippen molar-refractivity contribution in [3.05, 3.63) is 42.0 Å². The van der Waals surface area contributed by atoms with Gasteiger partial charge < -0.3 is 11.1 Å². The number of benzene rings is 1. The zero-order valence-corrected chi connectivity index (χ0v) is 9.32. The maximum Gasteiger partial charge on any atom is 0.0354 e. The van der Waals surface area contributed by atoms with E-state index in [1.54, 1.807) is 0 Å². The van der Waals surface area contributed by atoms with Crippen molar-refractivity contribution in [1.29, 1.82) is 0 Å². The molecule has 0 aliphatic heterocycles. The van der Waals surface area contributed by atoms with Crippen LogP contribution in [0, 0.1) is 0 Å². The Bertz CT molecular complexity index is 280. The molecule has 0 fully saturated rings. The summed E-state index contributed by atoms with van der Waals surface area (Å²) in [5.74, 6) is 0. The molecule has 2 nitrogen and oxygen atoms in total. The Morgan fingerprint density at radius 3 is 2.73 bits per heavy atom. The van der Waals surface area contributed by atoms with E-state index in [1.165, 1.54) is 5.56 Å². The maximum absolute atomic E-state index is 5.91. The quantitative estimate of drug-likeness (QED) is 0.696. The molecule has 2 heteroatoms. The molecular formula is C13H20N2. The predicted molar refractivity (Wildman–Crippen MR) is 66.6 cm³/mol. The first-order valence-corrected chi connectivity index (χ1v) is 5.52. The minimum atomic E-state index is 0.0942. The summed E-state index contributed by atoms with van der Waals surface area (Å²) in [6, 6.07) is 10.3. The van der Waals surface area contributed by atoms with Gasteiger partial charge in [-0.2, -0.15) is 0 Å². The van der Waals surface area contributed by atoms with Gasteiger partial charge in [-0.1, -0.05) is 49.4 Å². The molecule has 0 aromatic heterocycles. The first-order chi connectivity index (χ1) is 7.33. The van der Waals surface area contributed by atoms with Crippen molar-refractivity contribution in [2.45, 2.75) is 19.4 Å². The van der Waals surface area contributed by atoms with Crippen molar-refractivity contribution >= 4 is 6.08 Å². The fourth-order valence-electron chi connectivity index (χ4n) is 1.31. The highest BCUT2D eigenvalue weighted by molar-refractivity contribution is 5.49. The Labute approximate surface area is 92.2 Å². The highest BCUT2D eigenvalue weighted by atomic mass is 14.9. The monoisotopic (exact) mass is 204 g/mol. The van der Waals surface area contributed by atoms with Crippen LogP contribution >= 0.6 is 0 Å². The number of nitrogens with two attached hydrogens (primary N) is 1. The van der Waals surface area contributed by atoms with Crippen LogP contribution in [0.3, 0.4) is 0 Å². The summed E-state index contributed by atoms with van der Waals surface area (Å²) < 4.78 is 0. The van der Waals surface area contributed by atoms with Crippen molar-refractivity contribution in [1.82, 2.24) is 5.32 Å². The molecule has 1 atom stereocenters. The topological polar surface area (TPSA) is 38.0 Å². The fourth-order valence-corrected chi connectivity index (χ4v) is 1.31. The summed E-state index contributed by atoms with van der Waals surface area (Å²) in [5.41, 5.74) is 7.11. The van der Waals surface area contributed by atoms with Crippen LogP contribution in [0.2, 0.25) is 0 Å². The van der Waals surface area contributed by atoms with Crippen LogP contribution in [0.5, 0.6) is 0 Å². The minimum Gasteiger partial charge on any atom is -0.323 e. The average molecular weight is 204 g/mol. The normalized spacial score (nSPS) is 13.2. The number of hydrogen-bond donors (Lipinski definition) is 2. The molecule has 0 saturated heterocycles. The molecule has 82 valence electrons. The second-order valence-electron chi connectivity index (χ2n) is 3.64. The SMILES string of the molecule is CCCNCC(N)C=Cc1ccccc1. The van der Waals surface area contributed by atoms with Gasteiger partial charge in [0.25, 0.3) is 0 Å². The van der Waals surface area contributed by atoms with Gasteiger partial charge in [0, 0.05) is 12.6 Å². The maximum atomic E-state index is 5.91. The van der Waals surface area contributed by atoms with Crippen LogP contribution in [0.4, 0.5) is 0 Å². The number of nitrogens with one attached hydrogen (secondary N) is 1. The summed E-state index contributed by atoms with van der Waals surface area (Å²) in [5, 5.41) is 3.29. The number of hydrogen-bond acceptors (Lipinski definition) is 2. The van der Waals surface area contributed by atoms with Gasteiger partial charge in [0.05, 0.1) is 0 Å². The van der Waals surface area contributed by atoms with Gasteiger partial charge in [0.2, 0.25) is 0 Å². The summed E-state index contributed by atoms with van der Waals surface area (Å²) in [6.07, 6.45) is 5.26. The van der Waals surface area contributed by atoms with Gasteiger partial charge in [-0.05, 0) is 18.5 Å². The molecule has 3 N–H and O–H groups in total. The molecule has 0 saturated carbocycles. The molecule has 0 radical (unpaired) electrons. The minimum absolute atomic E-state index is 0.0942. The van der Waals surface area contributed by atoms with Crippen molar-refractivity contribution in [2.75, 3.05) is 13.1 Å². The van der Waals surface area contributed by atoms with Crippen LogP contribution in [0.1, 0.15) is 18.9 Å². The summed E-state index contributed by atoms with van der Waals surface area (Å²) in [4.78, 5) is 0. The van der Waals surface area contributed by atoms with Crippen LogP contribution in [-0.4, -0.2) is 19.1 Å². The lowest BCUT2D eigenvalue weighted by atomic mass is 10.2. The Hall–Kier alpha value is -1.12. The van der Waals surface area contributed by atoms with Crippen LogP contribution in [0.25, 0.3) is 6.08 Å². The third-order valence-corrected chi connectivity index (χ3v) is 2.14. The Kier molecular flexibility index (Phi) is 5.74.